The lowest BCUT2D eigenvalue weighted by molar-refractivity contribution is -0.120. The van der Waals surface area contributed by atoms with E-state index in [9.17, 15) is 14.4 Å². The zero-order valence-electron chi connectivity index (χ0n) is 23.2. The van der Waals surface area contributed by atoms with Crippen LogP contribution in [0.4, 0.5) is 5.13 Å². The number of thiazole rings is 1. The number of carbonyl (C=O) groups is 3. The van der Waals surface area contributed by atoms with Gasteiger partial charge in [0.25, 0.3) is 17.7 Å². The average Bonchev–Trinajstić information content (AvgIpc) is 3.61. The van der Waals surface area contributed by atoms with E-state index in [4.69, 9.17) is 0 Å². The van der Waals surface area contributed by atoms with Gasteiger partial charge in [0.15, 0.2) is 5.13 Å². The van der Waals surface area contributed by atoms with E-state index in [1.807, 2.05) is 80.8 Å². The van der Waals surface area contributed by atoms with Crippen LogP contribution in [-0.2, 0) is 11.3 Å². The number of nitrogens with zero attached hydrogens (tertiary/aromatic N) is 3. The molecule has 9 heteroatoms. The summed E-state index contributed by atoms with van der Waals surface area (Å²) in [5.74, 6) is -0.637. The fourth-order valence-corrected chi connectivity index (χ4v) is 5.51. The van der Waals surface area contributed by atoms with E-state index in [1.165, 1.54) is 11.3 Å². The maximum Gasteiger partial charge on any atom is 0.255 e. The number of nitrogens with one attached hydrogen (secondary N) is 2. The SMILES string of the molecule is CN(C)CCCCNC(=O)c1cccc(-c2ccc3c(c2)C(=O)N(C(C(=O)Nc2nccs2)c2ccccc2)C3)c1. The summed E-state index contributed by atoms with van der Waals surface area (Å²) in [5.41, 5.74) is 4.40. The summed E-state index contributed by atoms with van der Waals surface area (Å²) >= 11 is 1.33. The molecule has 2 heterocycles. The summed E-state index contributed by atoms with van der Waals surface area (Å²) in [7, 11) is 4.08. The number of rotatable bonds is 11. The van der Waals surface area contributed by atoms with Gasteiger partial charge in [-0.2, -0.15) is 0 Å². The molecule has 1 atom stereocenters. The summed E-state index contributed by atoms with van der Waals surface area (Å²) in [6.45, 7) is 1.93. The minimum absolute atomic E-state index is 0.114. The Balaban J connectivity index is 1.34. The Labute approximate surface area is 244 Å². The number of hydrogen-bond donors (Lipinski definition) is 2. The average molecular weight is 568 g/mol. The van der Waals surface area contributed by atoms with E-state index in [2.05, 4.69) is 20.5 Å². The number of carbonyl (C=O) groups excluding carboxylic acids is 3. The number of hydrogen-bond acceptors (Lipinski definition) is 6. The van der Waals surface area contributed by atoms with Crippen molar-refractivity contribution in [1.82, 2.24) is 20.1 Å². The molecule has 2 N–H and O–H groups in total. The molecule has 1 aliphatic heterocycles. The number of aromatic nitrogens is 1. The van der Waals surface area contributed by atoms with Gasteiger partial charge in [0.2, 0.25) is 0 Å². The molecule has 210 valence electrons. The Hall–Kier alpha value is -4.34. The number of anilines is 1. The lowest BCUT2D eigenvalue weighted by atomic mass is 9.99. The van der Waals surface area contributed by atoms with Crippen LogP contribution in [-0.4, -0.2) is 59.7 Å². The first-order chi connectivity index (χ1) is 19.9. The number of fused-ring (bicyclic) bond motifs is 1. The van der Waals surface area contributed by atoms with E-state index in [0.717, 1.165) is 41.6 Å². The lowest BCUT2D eigenvalue weighted by Gasteiger charge is -2.27. The molecule has 5 rings (SSSR count). The Kier molecular flexibility index (Phi) is 8.86. The third-order valence-corrected chi connectivity index (χ3v) is 7.74. The van der Waals surface area contributed by atoms with Crippen molar-refractivity contribution in [1.29, 1.82) is 0 Å². The highest BCUT2D eigenvalue weighted by molar-refractivity contribution is 7.13. The fraction of sp³-hybridized carbons (Fsp3) is 0.250. The van der Waals surface area contributed by atoms with Gasteiger partial charge in [-0.25, -0.2) is 4.98 Å². The van der Waals surface area contributed by atoms with E-state index in [1.54, 1.807) is 22.5 Å². The summed E-state index contributed by atoms with van der Waals surface area (Å²) in [4.78, 5) is 47.9. The van der Waals surface area contributed by atoms with Crippen LogP contribution in [0.3, 0.4) is 0 Å². The lowest BCUT2D eigenvalue weighted by Crippen LogP contribution is -2.37. The van der Waals surface area contributed by atoms with Crippen LogP contribution in [0, 0.1) is 0 Å². The van der Waals surface area contributed by atoms with Gasteiger partial charge in [-0.05, 0) is 73.9 Å². The topological polar surface area (TPSA) is 94.6 Å². The van der Waals surface area contributed by atoms with Gasteiger partial charge in [0.1, 0.15) is 6.04 Å². The highest BCUT2D eigenvalue weighted by Gasteiger charge is 2.37. The molecule has 1 aliphatic rings. The Morgan fingerprint density at radius 3 is 2.56 bits per heavy atom. The van der Waals surface area contributed by atoms with E-state index in [-0.39, 0.29) is 17.7 Å². The van der Waals surface area contributed by atoms with Crippen LogP contribution in [0.2, 0.25) is 0 Å². The zero-order chi connectivity index (χ0) is 28.8. The first-order valence-corrected chi connectivity index (χ1v) is 14.5. The summed E-state index contributed by atoms with van der Waals surface area (Å²) in [6, 6.07) is 21.7. The molecule has 0 radical (unpaired) electrons. The summed E-state index contributed by atoms with van der Waals surface area (Å²) in [6.07, 6.45) is 3.56. The predicted octanol–water partition coefficient (Wildman–Crippen LogP) is 5.22. The molecule has 3 aromatic carbocycles. The number of amides is 3. The molecular weight excluding hydrogens is 534 g/mol. The molecule has 0 saturated carbocycles. The summed E-state index contributed by atoms with van der Waals surface area (Å²) in [5, 5.41) is 8.13. The maximum atomic E-state index is 13.8. The standard InChI is InChI=1S/C32H33N5O3S/c1-36(2)17-7-6-15-33-29(38)25-12-8-11-23(19-25)24-13-14-26-21-37(31(40)27(26)20-24)28(22-9-4-3-5-10-22)30(39)35-32-34-16-18-41-32/h3-5,8-14,16,18-20,28H,6-7,15,17,21H2,1-2H3,(H,33,38)(H,34,35,39). The third kappa shape index (κ3) is 6.70. The van der Waals surface area contributed by atoms with Crippen LogP contribution in [0.1, 0.15) is 50.7 Å². The number of benzene rings is 3. The van der Waals surface area contributed by atoms with Crippen molar-refractivity contribution in [3.8, 4) is 11.1 Å². The number of unbranched alkanes of at least 4 members (excludes halogenated alkanes) is 1. The Morgan fingerprint density at radius 2 is 1.80 bits per heavy atom. The van der Waals surface area contributed by atoms with Crippen molar-refractivity contribution < 1.29 is 14.4 Å². The van der Waals surface area contributed by atoms with Crippen molar-refractivity contribution in [3.05, 3.63) is 107 Å². The smallest absolute Gasteiger partial charge is 0.255 e. The highest BCUT2D eigenvalue weighted by atomic mass is 32.1. The predicted molar refractivity (Wildman–Crippen MR) is 162 cm³/mol. The van der Waals surface area contributed by atoms with Crippen molar-refractivity contribution in [3.63, 3.8) is 0 Å². The van der Waals surface area contributed by atoms with E-state index >= 15 is 0 Å². The Bertz CT molecular complexity index is 1520. The van der Waals surface area contributed by atoms with Crippen LogP contribution >= 0.6 is 11.3 Å². The molecule has 0 spiro atoms. The maximum absolute atomic E-state index is 13.8. The minimum atomic E-state index is -0.812. The van der Waals surface area contributed by atoms with Crippen LogP contribution in [0.15, 0.2) is 84.4 Å². The van der Waals surface area contributed by atoms with Gasteiger partial charge in [-0.15, -0.1) is 11.3 Å². The molecular formula is C32H33N5O3S. The molecule has 1 aromatic heterocycles. The van der Waals surface area contributed by atoms with Crippen LogP contribution in [0.25, 0.3) is 11.1 Å². The van der Waals surface area contributed by atoms with Gasteiger partial charge in [0, 0.05) is 35.8 Å². The molecule has 0 bridgehead atoms. The first-order valence-electron chi connectivity index (χ1n) is 13.6. The zero-order valence-corrected chi connectivity index (χ0v) is 24.0. The monoisotopic (exact) mass is 567 g/mol. The molecule has 4 aromatic rings. The fourth-order valence-electron chi connectivity index (χ4n) is 4.98. The van der Waals surface area contributed by atoms with Crippen LogP contribution < -0.4 is 10.6 Å². The third-order valence-electron chi connectivity index (χ3n) is 7.06. The van der Waals surface area contributed by atoms with Crippen molar-refractivity contribution in [2.45, 2.75) is 25.4 Å². The molecule has 0 fully saturated rings. The largest absolute Gasteiger partial charge is 0.352 e. The van der Waals surface area contributed by atoms with E-state index < -0.39 is 6.04 Å². The van der Waals surface area contributed by atoms with E-state index in [0.29, 0.717) is 29.3 Å². The van der Waals surface area contributed by atoms with Crippen LogP contribution in [0.5, 0.6) is 0 Å². The molecule has 3 amide bonds. The molecule has 0 aliphatic carbocycles. The van der Waals surface area contributed by atoms with Gasteiger partial charge in [0.05, 0.1) is 0 Å². The minimum Gasteiger partial charge on any atom is -0.352 e. The quantitative estimate of drug-likeness (QED) is 0.243. The van der Waals surface area contributed by atoms with Gasteiger partial charge in [-0.3, -0.25) is 19.7 Å². The van der Waals surface area contributed by atoms with Crippen molar-refractivity contribution in [2.24, 2.45) is 0 Å². The van der Waals surface area contributed by atoms with Gasteiger partial charge < -0.3 is 15.1 Å². The van der Waals surface area contributed by atoms with Gasteiger partial charge >= 0.3 is 0 Å². The normalized spacial score (nSPS) is 13.2. The molecule has 8 nitrogen and oxygen atoms in total. The molecule has 1 unspecified atom stereocenters. The first kappa shape index (κ1) is 28.2. The Morgan fingerprint density at radius 1 is 1.00 bits per heavy atom. The second-order valence-electron chi connectivity index (χ2n) is 10.3. The highest BCUT2D eigenvalue weighted by Crippen LogP contribution is 2.35. The molecule has 41 heavy (non-hydrogen) atoms. The summed E-state index contributed by atoms with van der Waals surface area (Å²) < 4.78 is 0. The second-order valence-corrected chi connectivity index (χ2v) is 11.2. The van der Waals surface area contributed by atoms with Crippen molar-refractivity contribution >= 4 is 34.2 Å². The van der Waals surface area contributed by atoms with Crippen molar-refractivity contribution in [2.75, 3.05) is 32.5 Å². The second kappa shape index (κ2) is 12.9. The molecule has 0 saturated heterocycles. The van der Waals surface area contributed by atoms with Gasteiger partial charge in [-0.1, -0.05) is 54.6 Å².